The molecule has 0 aliphatic carbocycles. The molecule has 1 fully saturated rings. The van der Waals surface area contributed by atoms with E-state index in [-0.39, 0.29) is 21.9 Å². The Hall–Kier alpha value is -3.75. The van der Waals surface area contributed by atoms with E-state index in [9.17, 15) is 28.6 Å². The molecule has 31 heavy (non-hydrogen) atoms. The third kappa shape index (κ3) is 5.44. The van der Waals surface area contributed by atoms with Gasteiger partial charge in [0.2, 0.25) is 0 Å². The summed E-state index contributed by atoms with van der Waals surface area (Å²) in [7, 11) is -4.33. The predicted molar refractivity (Wildman–Crippen MR) is 108 cm³/mol. The molecule has 10 nitrogen and oxygen atoms in total. The number of carbonyl (C=O) groups is 1. The fraction of sp³-hybridized carbons (Fsp3) is 0.200. The Morgan fingerprint density at radius 1 is 1.19 bits per heavy atom. The van der Waals surface area contributed by atoms with Crippen LogP contribution in [-0.4, -0.2) is 50.5 Å². The Morgan fingerprint density at radius 2 is 1.90 bits per heavy atom. The van der Waals surface area contributed by atoms with Crippen molar-refractivity contribution in [1.82, 2.24) is 4.90 Å². The summed E-state index contributed by atoms with van der Waals surface area (Å²) in [5.74, 6) is -0.516. The quantitative estimate of drug-likeness (QED) is 0.217. The number of nitro benzene ring substituents is 1. The van der Waals surface area contributed by atoms with Gasteiger partial charge in [0, 0.05) is 25.2 Å². The van der Waals surface area contributed by atoms with Crippen LogP contribution in [-0.2, 0) is 19.6 Å². The van der Waals surface area contributed by atoms with E-state index < -0.39 is 20.9 Å². The number of nitro groups is 1. The minimum Gasteiger partial charge on any atom is -0.379 e. The van der Waals surface area contributed by atoms with Gasteiger partial charge in [-0.3, -0.25) is 14.9 Å². The van der Waals surface area contributed by atoms with Gasteiger partial charge in [-0.05, 0) is 29.8 Å². The zero-order valence-corrected chi connectivity index (χ0v) is 16.9. The van der Waals surface area contributed by atoms with Crippen molar-refractivity contribution >= 4 is 27.8 Å². The lowest BCUT2D eigenvalue weighted by Gasteiger charge is -2.26. The maximum Gasteiger partial charge on any atom is 0.339 e. The first-order chi connectivity index (χ1) is 14.8. The number of nitrogens with zero attached hydrogens (tertiary/aromatic N) is 3. The van der Waals surface area contributed by atoms with Crippen molar-refractivity contribution in [3.05, 3.63) is 69.8 Å². The molecule has 160 valence electrons. The van der Waals surface area contributed by atoms with Crippen molar-refractivity contribution in [2.24, 2.45) is 0 Å². The van der Waals surface area contributed by atoms with Gasteiger partial charge in [0.1, 0.15) is 22.3 Å². The van der Waals surface area contributed by atoms with E-state index in [0.717, 1.165) is 6.07 Å². The van der Waals surface area contributed by atoms with Crippen molar-refractivity contribution in [3.63, 3.8) is 0 Å². The molecule has 0 unspecified atom stereocenters. The fourth-order valence-electron chi connectivity index (χ4n) is 2.83. The maximum atomic E-state index is 12.5. The lowest BCUT2D eigenvalue weighted by atomic mass is 10.1. The Kier molecular flexibility index (Phi) is 6.64. The minimum absolute atomic E-state index is 0.0728. The van der Waals surface area contributed by atoms with Crippen molar-refractivity contribution in [1.29, 1.82) is 5.26 Å². The van der Waals surface area contributed by atoms with E-state index in [2.05, 4.69) is 0 Å². The number of morpholine rings is 1. The van der Waals surface area contributed by atoms with Gasteiger partial charge in [-0.25, -0.2) is 0 Å². The van der Waals surface area contributed by atoms with Crippen LogP contribution >= 0.6 is 0 Å². The van der Waals surface area contributed by atoms with Crippen LogP contribution in [0.5, 0.6) is 5.75 Å². The first-order valence-corrected chi connectivity index (χ1v) is 10.5. The Morgan fingerprint density at radius 3 is 2.58 bits per heavy atom. The maximum absolute atomic E-state index is 12.5. The van der Waals surface area contributed by atoms with E-state index >= 15 is 0 Å². The van der Waals surface area contributed by atoms with Crippen LogP contribution in [0.4, 0.5) is 5.69 Å². The highest BCUT2D eigenvalue weighted by Crippen LogP contribution is 2.23. The highest BCUT2D eigenvalue weighted by molar-refractivity contribution is 7.87. The summed E-state index contributed by atoms with van der Waals surface area (Å²) < 4.78 is 35.3. The van der Waals surface area contributed by atoms with Gasteiger partial charge in [0.25, 0.3) is 11.6 Å². The van der Waals surface area contributed by atoms with E-state index in [1.807, 2.05) is 6.07 Å². The van der Waals surface area contributed by atoms with E-state index in [4.69, 9.17) is 8.92 Å². The molecule has 2 aromatic rings. The standard InChI is InChI=1S/C20H17N3O7S/c21-14-16(20(24)22-7-9-29-10-8-22)11-15-3-1-5-18(12-15)30-31(27,28)19-6-2-4-17(13-19)23(25)26/h1-6,11-13H,7-10H2/b16-11+. The monoisotopic (exact) mass is 443 g/mol. The highest BCUT2D eigenvalue weighted by Gasteiger charge is 2.22. The zero-order chi connectivity index (χ0) is 22.4. The molecule has 1 aliphatic rings. The van der Waals surface area contributed by atoms with Crippen LogP contribution in [0.3, 0.4) is 0 Å². The molecule has 1 aliphatic heterocycles. The van der Waals surface area contributed by atoms with Gasteiger partial charge in [-0.15, -0.1) is 0 Å². The number of rotatable bonds is 6. The second kappa shape index (κ2) is 9.38. The lowest BCUT2D eigenvalue weighted by molar-refractivity contribution is -0.385. The summed E-state index contributed by atoms with van der Waals surface area (Å²) in [5.41, 5.74) is -0.118. The van der Waals surface area contributed by atoms with Crippen molar-refractivity contribution in [2.75, 3.05) is 26.3 Å². The van der Waals surface area contributed by atoms with Crippen LogP contribution in [0, 0.1) is 21.4 Å². The van der Waals surface area contributed by atoms with Crippen LogP contribution in [0.1, 0.15) is 5.56 Å². The van der Waals surface area contributed by atoms with Crippen LogP contribution < -0.4 is 4.18 Å². The number of benzene rings is 2. The molecule has 2 aromatic carbocycles. The molecule has 0 aromatic heterocycles. The molecule has 0 bridgehead atoms. The van der Waals surface area contributed by atoms with Crippen molar-refractivity contribution < 1.29 is 27.1 Å². The SMILES string of the molecule is N#C/C(=C\c1cccc(OS(=O)(=O)c2cccc([N+](=O)[O-])c2)c1)C(=O)N1CCOCC1. The summed E-state index contributed by atoms with van der Waals surface area (Å²) in [6.07, 6.45) is 1.34. The molecule has 1 amide bonds. The third-order valence-electron chi connectivity index (χ3n) is 4.34. The van der Waals surface area contributed by atoms with Crippen LogP contribution in [0.25, 0.3) is 6.08 Å². The summed E-state index contributed by atoms with van der Waals surface area (Å²) in [5, 5.41) is 20.3. The number of non-ortho nitro benzene ring substituents is 1. The Balaban J connectivity index is 1.83. The molecule has 0 saturated carbocycles. The molecule has 0 radical (unpaired) electrons. The first kappa shape index (κ1) is 21.9. The van der Waals surface area contributed by atoms with Gasteiger partial charge in [0.15, 0.2) is 0 Å². The molecule has 0 atom stereocenters. The van der Waals surface area contributed by atoms with Crippen LogP contribution in [0.2, 0.25) is 0 Å². The smallest absolute Gasteiger partial charge is 0.339 e. The van der Waals surface area contributed by atoms with Gasteiger partial charge in [-0.2, -0.15) is 13.7 Å². The van der Waals surface area contributed by atoms with Gasteiger partial charge in [0.05, 0.1) is 18.1 Å². The Labute approximate surface area is 178 Å². The van der Waals surface area contributed by atoms with Crippen molar-refractivity contribution in [2.45, 2.75) is 4.90 Å². The average molecular weight is 443 g/mol. The topological polar surface area (TPSA) is 140 Å². The molecule has 1 heterocycles. The summed E-state index contributed by atoms with van der Waals surface area (Å²) >= 11 is 0. The molecule has 3 rings (SSSR count). The summed E-state index contributed by atoms with van der Waals surface area (Å²) in [4.78, 5) is 23.8. The van der Waals surface area contributed by atoms with Gasteiger partial charge < -0.3 is 13.8 Å². The number of hydrogen-bond donors (Lipinski definition) is 0. The molecule has 0 spiro atoms. The number of amides is 1. The second-order valence-electron chi connectivity index (χ2n) is 6.44. The fourth-order valence-corrected chi connectivity index (χ4v) is 3.79. The molecule has 1 saturated heterocycles. The Bertz CT molecular complexity index is 1180. The summed E-state index contributed by atoms with van der Waals surface area (Å²) in [6, 6.07) is 12.1. The second-order valence-corrected chi connectivity index (χ2v) is 7.99. The lowest BCUT2D eigenvalue weighted by Crippen LogP contribution is -2.41. The third-order valence-corrected chi connectivity index (χ3v) is 5.58. The number of nitriles is 1. The molecular formula is C20H17N3O7S. The highest BCUT2D eigenvalue weighted by atomic mass is 32.2. The number of ether oxygens (including phenoxy) is 1. The first-order valence-electron chi connectivity index (χ1n) is 9.08. The average Bonchev–Trinajstić information content (AvgIpc) is 2.77. The van der Waals surface area contributed by atoms with Gasteiger partial charge in [-0.1, -0.05) is 18.2 Å². The van der Waals surface area contributed by atoms with Crippen LogP contribution in [0.15, 0.2) is 59.0 Å². The zero-order valence-electron chi connectivity index (χ0n) is 16.1. The van der Waals surface area contributed by atoms with E-state index in [0.29, 0.717) is 31.9 Å². The molecule has 0 N–H and O–H groups in total. The number of hydrogen-bond acceptors (Lipinski definition) is 8. The largest absolute Gasteiger partial charge is 0.379 e. The molecule has 11 heteroatoms. The predicted octanol–water partition coefficient (Wildman–Crippen LogP) is 2.13. The van der Waals surface area contributed by atoms with E-state index in [1.54, 1.807) is 6.07 Å². The normalized spacial score (nSPS) is 14.5. The van der Waals surface area contributed by atoms with Gasteiger partial charge >= 0.3 is 10.1 Å². The van der Waals surface area contributed by atoms with E-state index in [1.165, 1.54) is 47.4 Å². The van der Waals surface area contributed by atoms with Crippen molar-refractivity contribution in [3.8, 4) is 11.8 Å². The molecular weight excluding hydrogens is 426 g/mol. The minimum atomic E-state index is -4.33. The number of carbonyl (C=O) groups excluding carboxylic acids is 1. The summed E-state index contributed by atoms with van der Waals surface area (Å²) in [6.45, 7) is 1.54.